The molecule has 1 N–H and O–H groups in total. The number of aromatic nitrogens is 2. The number of methoxy groups -OCH3 is 2. The largest absolute Gasteiger partial charge is 0.493 e. The number of para-hydroxylation sites is 1. The highest BCUT2D eigenvalue weighted by Gasteiger charge is 2.10. The number of hydrogen-bond donors (Lipinski definition) is 1. The summed E-state index contributed by atoms with van der Waals surface area (Å²) in [6, 6.07) is 6.22. The first-order valence-electron chi connectivity index (χ1n) is 7.06. The normalized spacial score (nSPS) is 12.2. The van der Waals surface area contributed by atoms with Gasteiger partial charge in [0.05, 0.1) is 27.0 Å². The lowest BCUT2D eigenvalue weighted by atomic mass is 10.1. The van der Waals surface area contributed by atoms with Gasteiger partial charge in [0.15, 0.2) is 11.5 Å². The third kappa shape index (κ3) is 3.98. The van der Waals surface area contributed by atoms with E-state index in [-0.39, 0.29) is 0 Å². The quantitative estimate of drug-likeness (QED) is 0.850. The molecule has 5 heteroatoms. The number of hydrogen-bond acceptors (Lipinski definition) is 4. The molecule has 0 radical (unpaired) electrons. The third-order valence-corrected chi connectivity index (χ3v) is 3.35. The van der Waals surface area contributed by atoms with Crippen molar-refractivity contribution in [2.75, 3.05) is 14.2 Å². The Morgan fingerprint density at radius 2 is 2.10 bits per heavy atom. The van der Waals surface area contributed by atoms with E-state index in [2.05, 4.69) is 17.3 Å². The van der Waals surface area contributed by atoms with E-state index >= 15 is 0 Å². The molecule has 0 aliphatic heterocycles. The first-order valence-corrected chi connectivity index (χ1v) is 7.06. The van der Waals surface area contributed by atoms with E-state index in [1.165, 1.54) is 5.56 Å². The first-order chi connectivity index (χ1) is 10.1. The van der Waals surface area contributed by atoms with Gasteiger partial charge in [0.1, 0.15) is 0 Å². The summed E-state index contributed by atoms with van der Waals surface area (Å²) in [5.41, 5.74) is 2.26. The zero-order valence-electron chi connectivity index (χ0n) is 13.1. The van der Waals surface area contributed by atoms with Gasteiger partial charge in [-0.05, 0) is 25.5 Å². The molecule has 0 aliphatic rings. The minimum absolute atomic E-state index is 0.306. The van der Waals surface area contributed by atoms with Gasteiger partial charge in [0, 0.05) is 24.3 Å². The smallest absolute Gasteiger partial charge is 0.165 e. The first kappa shape index (κ1) is 15.4. The van der Waals surface area contributed by atoms with E-state index in [1.807, 2.05) is 42.2 Å². The van der Waals surface area contributed by atoms with E-state index in [0.717, 1.165) is 30.2 Å². The fourth-order valence-electron chi connectivity index (χ4n) is 2.29. The molecule has 1 heterocycles. The molecular formula is C16H23N3O2. The summed E-state index contributed by atoms with van der Waals surface area (Å²) in [7, 11) is 3.31. The van der Waals surface area contributed by atoms with Gasteiger partial charge in [-0.3, -0.25) is 4.68 Å². The highest BCUT2D eigenvalue weighted by Crippen LogP contribution is 2.30. The Hall–Kier alpha value is -2.01. The molecule has 2 aromatic rings. The molecule has 0 aliphatic carbocycles. The van der Waals surface area contributed by atoms with Crippen LogP contribution in [0.15, 0.2) is 30.6 Å². The van der Waals surface area contributed by atoms with Crippen molar-refractivity contribution in [2.24, 2.45) is 0 Å². The average molecular weight is 289 g/mol. The van der Waals surface area contributed by atoms with Gasteiger partial charge in [-0.15, -0.1) is 0 Å². The zero-order chi connectivity index (χ0) is 15.2. The molecule has 1 aromatic heterocycles. The van der Waals surface area contributed by atoms with Crippen molar-refractivity contribution in [2.45, 2.75) is 33.0 Å². The highest BCUT2D eigenvalue weighted by molar-refractivity contribution is 5.46. The number of aryl methyl sites for hydroxylation is 1. The van der Waals surface area contributed by atoms with E-state index in [1.54, 1.807) is 14.2 Å². The maximum Gasteiger partial charge on any atom is 0.165 e. The highest BCUT2D eigenvalue weighted by atomic mass is 16.5. The summed E-state index contributed by atoms with van der Waals surface area (Å²) in [5, 5.41) is 7.79. The Balaban J connectivity index is 1.96. The lowest BCUT2D eigenvalue weighted by Gasteiger charge is -2.17. The van der Waals surface area contributed by atoms with E-state index < -0.39 is 0 Å². The number of nitrogens with zero attached hydrogens (tertiary/aromatic N) is 2. The van der Waals surface area contributed by atoms with Crippen LogP contribution >= 0.6 is 0 Å². The van der Waals surface area contributed by atoms with Crippen LogP contribution in [-0.2, 0) is 13.1 Å². The van der Waals surface area contributed by atoms with Crippen molar-refractivity contribution in [3.8, 4) is 11.5 Å². The van der Waals surface area contributed by atoms with Crippen LogP contribution in [0.4, 0.5) is 0 Å². The molecule has 0 spiro atoms. The monoisotopic (exact) mass is 289 g/mol. The van der Waals surface area contributed by atoms with Gasteiger partial charge in [-0.25, -0.2) is 0 Å². The molecule has 2 rings (SSSR count). The molecule has 0 unspecified atom stereocenters. The van der Waals surface area contributed by atoms with E-state index in [9.17, 15) is 0 Å². The van der Waals surface area contributed by atoms with E-state index in [4.69, 9.17) is 9.47 Å². The van der Waals surface area contributed by atoms with Crippen molar-refractivity contribution in [3.63, 3.8) is 0 Å². The molecule has 0 fully saturated rings. The van der Waals surface area contributed by atoms with Crippen LogP contribution in [0.1, 0.15) is 18.1 Å². The second-order valence-electron chi connectivity index (χ2n) is 5.17. The Kier molecular flexibility index (Phi) is 5.22. The topological polar surface area (TPSA) is 48.3 Å². The number of nitrogens with one attached hydrogen (secondary N) is 1. The molecule has 0 saturated carbocycles. The molecule has 1 atom stereocenters. The van der Waals surface area contributed by atoms with Crippen LogP contribution in [0.25, 0.3) is 0 Å². The molecule has 0 amide bonds. The van der Waals surface area contributed by atoms with Crippen molar-refractivity contribution >= 4 is 0 Å². The summed E-state index contributed by atoms with van der Waals surface area (Å²) in [4.78, 5) is 0. The van der Waals surface area contributed by atoms with Crippen LogP contribution < -0.4 is 14.8 Å². The lowest BCUT2D eigenvalue weighted by molar-refractivity contribution is 0.349. The van der Waals surface area contributed by atoms with Gasteiger partial charge in [-0.2, -0.15) is 5.10 Å². The fourth-order valence-corrected chi connectivity index (χ4v) is 2.29. The second kappa shape index (κ2) is 7.13. The Labute approximate surface area is 125 Å². The molecule has 0 saturated heterocycles. The SMILES string of the molecule is COc1cccc(CN[C@@H](C)Cn2cc(C)cn2)c1OC. The van der Waals surface area contributed by atoms with Gasteiger partial charge >= 0.3 is 0 Å². The lowest BCUT2D eigenvalue weighted by Crippen LogP contribution is -2.30. The van der Waals surface area contributed by atoms with E-state index in [0.29, 0.717) is 6.04 Å². The molecule has 21 heavy (non-hydrogen) atoms. The number of benzene rings is 1. The van der Waals surface area contributed by atoms with Crippen molar-refractivity contribution in [3.05, 3.63) is 41.7 Å². The predicted octanol–water partition coefficient (Wildman–Crippen LogP) is 2.39. The minimum atomic E-state index is 0.306. The van der Waals surface area contributed by atoms with Gasteiger partial charge in [-0.1, -0.05) is 12.1 Å². The Morgan fingerprint density at radius 1 is 1.29 bits per heavy atom. The molecule has 5 nitrogen and oxygen atoms in total. The van der Waals surface area contributed by atoms with Crippen LogP contribution in [-0.4, -0.2) is 30.0 Å². The Morgan fingerprint density at radius 3 is 2.71 bits per heavy atom. The van der Waals surface area contributed by atoms with Gasteiger partial charge in [0.2, 0.25) is 0 Å². The molecule has 0 bridgehead atoms. The molecule has 1 aromatic carbocycles. The standard InChI is InChI=1S/C16H23N3O2/c1-12-8-18-19(10-12)11-13(2)17-9-14-6-5-7-15(20-3)16(14)21-4/h5-8,10,13,17H,9,11H2,1-4H3/t13-/m0/s1. The van der Waals surface area contributed by atoms with Crippen LogP contribution in [0.3, 0.4) is 0 Å². The number of rotatable bonds is 7. The number of ether oxygens (including phenoxy) is 2. The van der Waals surface area contributed by atoms with Crippen LogP contribution in [0, 0.1) is 6.92 Å². The van der Waals surface area contributed by atoms with Crippen molar-refractivity contribution < 1.29 is 9.47 Å². The average Bonchev–Trinajstić information content (AvgIpc) is 2.89. The Bertz CT molecular complexity index is 581. The molecule has 114 valence electrons. The fraction of sp³-hybridized carbons (Fsp3) is 0.438. The summed E-state index contributed by atoms with van der Waals surface area (Å²) in [6.07, 6.45) is 3.92. The summed E-state index contributed by atoms with van der Waals surface area (Å²) in [6.45, 7) is 5.74. The summed E-state index contributed by atoms with van der Waals surface area (Å²) >= 11 is 0. The van der Waals surface area contributed by atoms with Crippen molar-refractivity contribution in [1.29, 1.82) is 0 Å². The summed E-state index contributed by atoms with van der Waals surface area (Å²) in [5.74, 6) is 1.54. The van der Waals surface area contributed by atoms with Gasteiger partial charge in [0.25, 0.3) is 0 Å². The summed E-state index contributed by atoms with van der Waals surface area (Å²) < 4.78 is 12.7. The minimum Gasteiger partial charge on any atom is -0.493 e. The zero-order valence-corrected chi connectivity index (χ0v) is 13.1. The maximum absolute atomic E-state index is 5.44. The van der Waals surface area contributed by atoms with Crippen LogP contribution in [0.2, 0.25) is 0 Å². The predicted molar refractivity (Wildman–Crippen MR) is 82.8 cm³/mol. The second-order valence-corrected chi connectivity index (χ2v) is 5.17. The van der Waals surface area contributed by atoms with Crippen LogP contribution in [0.5, 0.6) is 11.5 Å². The maximum atomic E-state index is 5.44. The molecular weight excluding hydrogens is 266 g/mol. The van der Waals surface area contributed by atoms with Crippen molar-refractivity contribution in [1.82, 2.24) is 15.1 Å². The third-order valence-electron chi connectivity index (χ3n) is 3.35. The van der Waals surface area contributed by atoms with Gasteiger partial charge < -0.3 is 14.8 Å².